The highest BCUT2D eigenvalue weighted by molar-refractivity contribution is 7.15. The SMILES string of the molecule is Cc1nc(NC(=O)COc2ccc(Cl)cc2)sc1CN1CCC(C)CC1. The summed E-state index contributed by atoms with van der Waals surface area (Å²) in [5.41, 5.74) is 0.988. The summed E-state index contributed by atoms with van der Waals surface area (Å²) < 4.78 is 5.46. The first-order valence-corrected chi connectivity index (χ1v) is 10.1. The van der Waals surface area contributed by atoms with Crippen LogP contribution in [0.1, 0.15) is 30.3 Å². The first kappa shape index (κ1) is 19.1. The van der Waals surface area contributed by atoms with Gasteiger partial charge < -0.3 is 4.74 Å². The molecular formula is C19H24ClN3O2S. The number of halogens is 1. The van der Waals surface area contributed by atoms with Crippen LogP contribution in [-0.2, 0) is 11.3 Å². The summed E-state index contributed by atoms with van der Waals surface area (Å²) in [6.07, 6.45) is 2.51. The Bertz CT molecular complexity index is 740. The van der Waals surface area contributed by atoms with E-state index in [4.69, 9.17) is 16.3 Å². The second kappa shape index (κ2) is 8.84. The van der Waals surface area contributed by atoms with Gasteiger partial charge >= 0.3 is 0 Å². The molecule has 1 fully saturated rings. The third-order valence-electron chi connectivity index (χ3n) is 4.57. The van der Waals surface area contributed by atoms with Crippen molar-refractivity contribution >= 4 is 34.0 Å². The van der Waals surface area contributed by atoms with Gasteiger partial charge in [0.2, 0.25) is 0 Å². The Hall–Kier alpha value is -1.63. The van der Waals surface area contributed by atoms with Crippen molar-refractivity contribution in [3.05, 3.63) is 39.9 Å². The van der Waals surface area contributed by atoms with Crippen LogP contribution in [0.25, 0.3) is 0 Å². The number of anilines is 1. The molecule has 26 heavy (non-hydrogen) atoms. The van der Waals surface area contributed by atoms with Crippen LogP contribution in [0, 0.1) is 12.8 Å². The van der Waals surface area contributed by atoms with Crippen LogP contribution in [0.5, 0.6) is 5.75 Å². The average molecular weight is 394 g/mol. The zero-order valence-electron chi connectivity index (χ0n) is 15.1. The Morgan fingerprint density at radius 2 is 2.04 bits per heavy atom. The van der Waals surface area contributed by atoms with Gasteiger partial charge in [-0.05, 0) is 63.0 Å². The van der Waals surface area contributed by atoms with Crippen molar-refractivity contribution in [1.29, 1.82) is 0 Å². The first-order valence-electron chi connectivity index (χ1n) is 8.86. The predicted molar refractivity (Wildman–Crippen MR) is 106 cm³/mol. The Balaban J connectivity index is 1.50. The summed E-state index contributed by atoms with van der Waals surface area (Å²) in [5, 5.41) is 4.09. The Labute approximate surface area is 163 Å². The fraction of sp³-hybridized carbons (Fsp3) is 0.474. The lowest BCUT2D eigenvalue weighted by molar-refractivity contribution is -0.118. The minimum absolute atomic E-state index is 0.0559. The molecule has 0 unspecified atom stereocenters. The molecule has 0 radical (unpaired) electrons. The third kappa shape index (κ3) is 5.43. The van der Waals surface area contributed by atoms with Crippen molar-refractivity contribution in [3.63, 3.8) is 0 Å². The molecule has 1 N–H and O–H groups in total. The number of carbonyl (C=O) groups is 1. The van der Waals surface area contributed by atoms with E-state index in [0.717, 1.165) is 31.2 Å². The molecule has 1 aliphatic rings. The fourth-order valence-corrected chi connectivity index (χ4v) is 4.03. The highest BCUT2D eigenvalue weighted by Gasteiger charge is 2.18. The molecule has 140 valence electrons. The topological polar surface area (TPSA) is 54.5 Å². The average Bonchev–Trinajstić information content (AvgIpc) is 2.95. The Morgan fingerprint density at radius 1 is 1.35 bits per heavy atom. The number of amides is 1. The number of piperidine rings is 1. The minimum atomic E-state index is -0.216. The molecule has 2 aromatic rings. The molecule has 1 aromatic carbocycles. The van der Waals surface area contributed by atoms with Crippen molar-refractivity contribution < 1.29 is 9.53 Å². The van der Waals surface area contributed by atoms with Gasteiger partial charge in [-0.2, -0.15) is 0 Å². The highest BCUT2D eigenvalue weighted by Crippen LogP contribution is 2.26. The molecule has 0 saturated carbocycles. The van der Waals surface area contributed by atoms with Crippen LogP contribution >= 0.6 is 22.9 Å². The van der Waals surface area contributed by atoms with E-state index < -0.39 is 0 Å². The number of rotatable bonds is 6. The molecule has 1 saturated heterocycles. The number of carbonyl (C=O) groups excluding carboxylic acids is 1. The van der Waals surface area contributed by atoms with E-state index in [-0.39, 0.29) is 12.5 Å². The quantitative estimate of drug-likeness (QED) is 0.792. The summed E-state index contributed by atoms with van der Waals surface area (Å²) in [6, 6.07) is 6.93. The van der Waals surface area contributed by atoms with Crippen LogP contribution in [0.4, 0.5) is 5.13 Å². The molecule has 0 aliphatic carbocycles. The lowest BCUT2D eigenvalue weighted by atomic mass is 9.99. The number of hydrogen-bond donors (Lipinski definition) is 1. The van der Waals surface area contributed by atoms with Gasteiger partial charge in [0.25, 0.3) is 5.91 Å². The van der Waals surface area contributed by atoms with Gasteiger partial charge in [-0.25, -0.2) is 4.98 Å². The van der Waals surface area contributed by atoms with E-state index in [9.17, 15) is 4.79 Å². The molecule has 0 spiro atoms. The monoisotopic (exact) mass is 393 g/mol. The van der Waals surface area contributed by atoms with E-state index >= 15 is 0 Å². The predicted octanol–water partition coefficient (Wildman–Crippen LogP) is 4.35. The normalized spacial score (nSPS) is 15.8. The maximum Gasteiger partial charge on any atom is 0.264 e. The second-order valence-corrected chi connectivity index (χ2v) is 8.30. The largest absolute Gasteiger partial charge is 0.484 e. The van der Waals surface area contributed by atoms with E-state index in [1.165, 1.54) is 17.7 Å². The third-order valence-corrected chi connectivity index (χ3v) is 5.88. The summed E-state index contributed by atoms with van der Waals surface area (Å²) in [4.78, 5) is 20.3. The van der Waals surface area contributed by atoms with E-state index in [2.05, 4.69) is 22.1 Å². The summed E-state index contributed by atoms with van der Waals surface area (Å²) in [7, 11) is 0. The number of hydrogen-bond acceptors (Lipinski definition) is 5. The van der Waals surface area contributed by atoms with Gasteiger partial charge in [0.1, 0.15) is 5.75 Å². The fourth-order valence-electron chi connectivity index (χ4n) is 2.89. The Kier molecular flexibility index (Phi) is 6.51. The van der Waals surface area contributed by atoms with Crippen molar-refractivity contribution in [2.24, 2.45) is 5.92 Å². The highest BCUT2D eigenvalue weighted by atomic mass is 35.5. The van der Waals surface area contributed by atoms with E-state index in [1.807, 2.05) is 6.92 Å². The molecule has 1 aliphatic heterocycles. The molecule has 1 aromatic heterocycles. The lowest BCUT2D eigenvalue weighted by Crippen LogP contribution is -2.32. The summed E-state index contributed by atoms with van der Waals surface area (Å²) >= 11 is 7.38. The molecule has 3 rings (SSSR count). The summed E-state index contributed by atoms with van der Waals surface area (Å²) in [6.45, 7) is 7.44. The standard InChI is InChI=1S/C19H24ClN3O2S/c1-13-7-9-23(10-8-13)11-17-14(2)21-19(26-17)22-18(24)12-25-16-5-3-15(20)4-6-16/h3-6,13H,7-12H2,1-2H3,(H,21,22,24). The number of ether oxygens (including phenoxy) is 1. The van der Waals surface area contributed by atoms with Crippen LogP contribution in [0.15, 0.2) is 24.3 Å². The number of aromatic nitrogens is 1. The van der Waals surface area contributed by atoms with Gasteiger partial charge in [0.15, 0.2) is 11.7 Å². The molecule has 0 atom stereocenters. The van der Waals surface area contributed by atoms with Gasteiger partial charge in [-0.15, -0.1) is 11.3 Å². The molecule has 1 amide bonds. The van der Waals surface area contributed by atoms with Gasteiger partial charge in [0.05, 0.1) is 5.69 Å². The van der Waals surface area contributed by atoms with Gasteiger partial charge in [-0.3, -0.25) is 15.0 Å². The number of aryl methyl sites for hydroxylation is 1. The van der Waals surface area contributed by atoms with Crippen LogP contribution < -0.4 is 10.1 Å². The molecule has 2 heterocycles. The number of nitrogens with one attached hydrogen (secondary N) is 1. The van der Waals surface area contributed by atoms with Crippen LogP contribution in [0.3, 0.4) is 0 Å². The van der Waals surface area contributed by atoms with Crippen molar-refractivity contribution in [2.45, 2.75) is 33.2 Å². The molecule has 0 bridgehead atoms. The zero-order valence-corrected chi connectivity index (χ0v) is 16.7. The number of nitrogens with zero attached hydrogens (tertiary/aromatic N) is 2. The van der Waals surface area contributed by atoms with Gasteiger partial charge in [0, 0.05) is 16.4 Å². The van der Waals surface area contributed by atoms with Gasteiger partial charge in [-0.1, -0.05) is 18.5 Å². The van der Waals surface area contributed by atoms with Crippen molar-refractivity contribution in [3.8, 4) is 5.75 Å². The lowest BCUT2D eigenvalue weighted by Gasteiger charge is -2.29. The first-order chi connectivity index (χ1) is 12.5. The van der Waals surface area contributed by atoms with E-state index in [0.29, 0.717) is 15.9 Å². The van der Waals surface area contributed by atoms with Crippen LogP contribution in [-0.4, -0.2) is 35.5 Å². The summed E-state index contributed by atoms with van der Waals surface area (Å²) in [5.74, 6) is 1.22. The van der Waals surface area contributed by atoms with E-state index in [1.54, 1.807) is 35.6 Å². The Morgan fingerprint density at radius 3 is 2.73 bits per heavy atom. The van der Waals surface area contributed by atoms with Crippen molar-refractivity contribution in [1.82, 2.24) is 9.88 Å². The van der Waals surface area contributed by atoms with Crippen LogP contribution in [0.2, 0.25) is 5.02 Å². The number of likely N-dealkylation sites (tertiary alicyclic amines) is 1. The molecular weight excluding hydrogens is 370 g/mol. The van der Waals surface area contributed by atoms with Crippen molar-refractivity contribution in [2.75, 3.05) is 25.0 Å². The number of benzene rings is 1. The molecule has 7 heteroatoms. The number of thiazole rings is 1. The second-order valence-electron chi connectivity index (χ2n) is 6.78. The molecule has 5 nitrogen and oxygen atoms in total. The zero-order chi connectivity index (χ0) is 18.5. The smallest absolute Gasteiger partial charge is 0.264 e. The maximum absolute atomic E-state index is 12.1. The maximum atomic E-state index is 12.1. The minimum Gasteiger partial charge on any atom is -0.484 e.